The summed E-state index contributed by atoms with van der Waals surface area (Å²) >= 11 is 0. The van der Waals surface area contributed by atoms with Crippen molar-refractivity contribution in [2.24, 2.45) is 11.8 Å². The van der Waals surface area contributed by atoms with Gasteiger partial charge in [-0.3, -0.25) is 0 Å². The average Bonchev–Trinajstić information content (AvgIpc) is 2.62. The zero-order chi connectivity index (χ0) is 15.8. The summed E-state index contributed by atoms with van der Waals surface area (Å²) in [5.41, 5.74) is -0.180. The molecule has 1 aromatic rings. The van der Waals surface area contributed by atoms with Crippen molar-refractivity contribution >= 4 is 0 Å². The molecular weight excluding hydrogens is 281 g/mol. The molecule has 0 saturated carbocycles. The zero-order valence-corrected chi connectivity index (χ0v) is 12.4. The van der Waals surface area contributed by atoms with E-state index in [9.17, 15) is 18.3 Å². The van der Waals surface area contributed by atoms with Gasteiger partial charge in [0.15, 0.2) is 0 Å². The van der Waals surface area contributed by atoms with Crippen LogP contribution in [0.5, 0.6) is 0 Å². The summed E-state index contributed by atoms with van der Waals surface area (Å²) in [4.78, 5) is 0. The molecule has 0 amide bonds. The van der Waals surface area contributed by atoms with Crippen molar-refractivity contribution in [3.63, 3.8) is 0 Å². The van der Waals surface area contributed by atoms with Crippen molar-refractivity contribution in [1.29, 1.82) is 0 Å². The molecule has 1 heterocycles. The van der Waals surface area contributed by atoms with Crippen LogP contribution in [0.25, 0.3) is 0 Å². The van der Waals surface area contributed by atoms with Gasteiger partial charge >= 0.3 is 6.18 Å². The summed E-state index contributed by atoms with van der Waals surface area (Å²) < 4.78 is 43.8. The lowest BCUT2D eigenvalue weighted by atomic mass is 9.82. The molecule has 1 aromatic carbocycles. The minimum Gasteiger partial charge on any atom is -0.392 e. The van der Waals surface area contributed by atoms with E-state index < -0.39 is 17.8 Å². The quantitative estimate of drug-likeness (QED) is 0.923. The van der Waals surface area contributed by atoms with Crippen molar-refractivity contribution in [3.8, 4) is 0 Å². The van der Waals surface area contributed by atoms with Crippen LogP contribution in [-0.2, 0) is 17.3 Å². The third kappa shape index (κ3) is 3.58. The van der Waals surface area contributed by atoms with Gasteiger partial charge in [-0.1, -0.05) is 25.1 Å². The second-order valence-electron chi connectivity index (χ2n) is 5.95. The second-order valence-corrected chi connectivity index (χ2v) is 5.95. The predicted molar refractivity (Wildman–Crippen MR) is 73.8 cm³/mol. The third-order valence-electron chi connectivity index (χ3n) is 4.46. The molecule has 1 fully saturated rings. The number of aliphatic hydroxyl groups is 1. The van der Waals surface area contributed by atoms with E-state index in [1.807, 2.05) is 20.8 Å². The Morgan fingerprint density at radius 1 is 1.19 bits per heavy atom. The maximum atomic E-state index is 12.7. The van der Waals surface area contributed by atoms with Crippen molar-refractivity contribution in [3.05, 3.63) is 35.4 Å². The lowest BCUT2D eigenvalue weighted by molar-refractivity contribution is -0.137. The Bertz CT molecular complexity index is 487. The molecule has 5 atom stereocenters. The molecule has 21 heavy (non-hydrogen) atoms. The van der Waals surface area contributed by atoms with E-state index in [4.69, 9.17) is 4.74 Å². The number of hydrogen-bond donors (Lipinski definition) is 1. The van der Waals surface area contributed by atoms with E-state index in [1.54, 1.807) is 6.07 Å². The monoisotopic (exact) mass is 302 g/mol. The number of halogens is 3. The van der Waals surface area contributed by atoms with Crippen molar-refractivity contribution in [2.45, 2.75) is 51.7 Å². The normalized spacial score (nSPS) is 31.4. The minimum absolute atomic E-state index is 0.0566. The highest BCUT2D eigenvalue weighted by molar-refractivity contribution is 5.26. The number of alkyl halides is 3. The van der Waals surface area contributed by atoms with Crippen LogP contribution in [-0.4, -0.2) is 23.4 Å². The smallest absolute Gasteiger partial charge is 0.392 e. The number of hydrogen-bond acceptors (Lipinski definition) is 2. The van der Waals surface area contributed by atoms with Crippen LogP contribution in [0.4, 0.5) is 13.2 Å². The average molecular weight is 302 g/mol. The fourth-order valence-corrected chi connectivity index (χ4v) is 3.21. The van der Waals surface area contributed by atoms with Crippen molar-refractivity contribution in [2.75, 3.05) is 0 Å². The molecule has 2 nitrogen and oxygen atoms in total. The van der Waals surface area contributed by atoms with Crippen molar-refractivity contribution in [1.82, 2.24) is 0 Å². The van der Waals surface area contributed by atoms with Crippen LogP contribution < -0.4 is 0 Å². The van der Waals surface area contributed by atoms with Gasteiger partial charge in [0.2, 0.25) is 0 Å². The van der Waals surface area contributed by atoms with Gasteiger partial charge in [0.05, 0.1) is 23.9 Å². The van der Waals surface area contributed by atoms with E-state index in [0.717, 1.165) is 12.1 Å². The molecule has 0 bridgehead atoms. The molecule has 1 aliphatic heterocycles. The molecule has 118 valence electrons. The van der Waals surface area contributed by atoms with Gasteiger partial charge in [0, 0.05) is 5.92 Å². The minimum atomic E-state index is -4.35. The standard InChI is InChI=1S/C16H21F3O2/c1-9-10(2)21-11(3)15(9)14(20)8-12-5-4-6-13(7-12)16(17,18)19/h4-7,9-11,14-15,20H,8H2,1-3H3. The Hall–Kier alpha value is -1.07. The van der Waals surface area contributed by atoms with E-state index >= 15 is 0 Å². The zero-order valence-electron chi connectivity index (χ0n) is 12.4. The van der Waals surface area contributed by atoms with Crippen molar-refractivity contribution < 1.29 is 23.0 Å². The summed E-state index contributed by atoms with van der Waals surface area (Å²) in [7, 11) is 0. The number of rotatable bonds is 3. The molecule has 1 N–H and O–H groups in total. The predicted octanol–water partition coefficient (Wildman–Crippen LogP) is 3.67. The molecule has 0 aromatic heterocycles. The van der Waals surface area contributed by atoms with E-state index in [-0.39, 0.29) is 30.5 Å². The van der Waals surface area contributed by atoms with Gasteiger partial charge in [-0.25, -0.2) is 0 Å². The number of aliphatic hydroxyl groups excluding tert-OH is 1. The lowest BCUT2D eigenvalue weighted by Gasteiger charge is -2.25. The molecule has 5 heteroatoms. The highest BCUT2D eigenvalue weighted by atomic mass is 19.4. The third-order valence-corrected chi connectivity index (χ3v) is 4.46. The second kappa shape index (κ2) is 5.97. The van der Waals surface area contributed by atoms with Crippen LogP contribution in [0.1, 0.15) is 31.9 Å². The number of ether oxygens (including phenoxy) is 1. The Morgan fingerprint density at radius 3 is 2.38 bits per heavy atom. The van der Waals surface area contributed by atoms with Crippen LogP contribution in [0, 0.1) is 11.8 Å². The first kappa shape index (κ1) is 16.3. The summed E-state index contributed by atoms with van der Waals surface area (Å²) in [6.45, 7) is 5.87. The summed E-state index contributed by atoms with van der Waals surface area (Å²) in [6, 6.07) is 5.15. The maximum absolute atomic E-state index is 12.7. The maximum Gasteiger partial charge on any atom is 0.416 e. The van der Waals surface area contributed by atoms with Crippen LogP contribution in [0.2, 0.25) is 0 Å². The first-order chi connectivity index (χ1) is 9.70. The Balaban J connectivity index is 2.11. The first-order valence-corrected chi connectivity index (χ1v) is 7.20. The first-order valence-electron chi connectivity index (χ1n) is 7.20. The lowest BCUT2D eigenvalue weighted by Crippen LogP contribution is -2.32. The van der Waals surface area contributed by atoms with Crippen LogP contribution in [0.3, 0.4) is 0 Å². The largest absolute Gasteiger partial charge is 0.416 e. The molecule has 0 aliphatic carbocycles. The summed E-state index contributed by atoms with van der Waals surface area (Å²) in [5, 5.41) is 10.4. The topological polar surface area (TPSA) is 29.5 Å². The van der Waals surface area contributed by atoms with Gasteiger partial charge in [-0.05, 0) is 37.8 Å². The molecule has 1 saturated heterocycles. The SMILES string of the molecule is CC1OC(C)C(C(O)Cc2cccc(C(F)(F)F)c2)C1C. The number of benzene rings is 1. The fraction of sp³-hybridized carbons (Fsp3) is 0.625. The van der Waals surface area contributed by atoms with E-state index in [1.165, 1.54) is 6.07 Å². The summed E-state index contributed by atoms with van der Waals surface area (Å²) in [5.74, 6) is 0.121. The van der Waals surface area contributed by atoms with E-state index in [0.29, 0.717) is 5.56 Å². The summed E-state index contributed by atoms with van der Waals surface area (Å²) in [6.07, 6.45) is -4.88. The Labute approximate surface area is 122 Å². The van der Waals surface area contributed by atoms with Crippen LogP contribution >= 0.6 is 0 Å². The van der Waals surface area contributed by atoms with Crippen LogP contribution in [0.15, 0.2) is 24.3 Å². The van der Waals surface area contributed by atoms with Gasteiger partial charge in [0.1, 0.15) is 0 Å². The highest BCUT2D eigenvalue weighted by Gasteiger charge is 2.41. The molecule has 5 unspecified atom stereocenters. The fourth-order valence-electron chi connectivity index (χ4n) is 3.21. The van der Waals surface area contributed by atoms with Gasteiger partial charge < -0.3 is 9.84 Å². The molecule has 1 aliphatic rings. The molecular formula is C16H21F3O2. The molecule has 2 rings (SSSR count). The molecule has 0 spiro atoms. The van der Waals surface area contributed by atoms with Gasteiger partial charge in [-0.15, -0.1) is 0 Å². The Morgan fingerprint density at radius 2 is 1.86 bits per heavy atom. The van der Waals surface area contributed by atoms with Gasteiger partial charge in [0.25, 0.3) is 0 Å². The Kier molecular flexibility index (Phi) is 4.63. The molecule has 0 radical (unpaired) electrons. The highest BCUT2D eigenvalue weighted by Crippen LogP contribution is 2.36. The van der Waals surface area contributed by atoms with E-state index in [2.05, 4.69) is 0 Å². The van der Waals surface area contributed by atoms with Gasteiger partial charge in [-0.2, -0.15) is 13.2 Å².